The van der Waals surface area contributed by atoms with E-state index in [0.717, 1.165) is 17.5 Å². The molecule has 0 spiro atoms. The third kappa shape index (κ3) is 2.68. The number of nitrogens with two attached hydrogens (primary N) is 1. The maximum Gasteiger partial charge on any atom is 0.194 e. The van der Waals surface area contributed by atoms with Gasteiger partial charge in [0.05, 0.1) is 0 Å². The first-order valence-electron chi connectivity index (χ1n) is 4.65. The average molecular weight is 254 g/mol. The van der Waals surface area contributed by atoms with Gasteiger partial charge in [0.15, 0.2) is 22.6 Å². The molecule has 88 valence electrons. The monoisotopic (exact) mass is 254 g/mol. The number of rotatable bonds is 2. The summed E-state index contributed by atoms with van der Waals surface area (Å²) >= 11 is 0.896. The highest BCUT2D eigenvalue weighted by atomic mass is 32.2. The van der Waals surface area contributed by atoms with E-state index in [-0.39, 0.29) is 10.8 Å². The Kier molecular flexibility index (Phi) is 3.19. The lowest BCUT2D eigenvalue weighted by Crippen LogP contribution is -1.99. The highest BCUT2D eigenvalue weighted by Crippen LogP contribution is 2.27. The van der Waals surface area contributed by atoms with Crippen molar-refractivity contribution in [1.29, 1.82) is 0 Å². The number of nitrogens with zero attached hydrogens (tertiary/aromatic N) is 3. The topological polar surface area (TPSA) is 64.7 Å². The Hall–Kier alpha value is -1.76. The molecule has 2 heterocycles. The van der Waals surface area contributed by atoms with Gasteiger partial charge in [-0.15, -0.1) is 0 Å². The van der Waals surface area contributed by atoms with Gasteiger partial charge in [-0.2, -0.15) is 0 Å². The molecule has 0 aliphatic rings. The molecule has 0 unspecified atom stereocenters. The molecule has 2 aromatic rings. The van der Waals surface area contributed by atoms with Crippen LogP contribution in [0.15, 0.2) is 28.5 Å². The van der Waals surface area contributed by atoms with Crippen LogP contribution in [0.3, 0.4) is 0 Å². The van der Waals surface area contributed by atoms with Gasteiger partial charge in [0.1, 0.15) is 5.03 Å². The fraction of sp³-hybridized carbons (Fsp3) is 0.100. The number of hydrogen-bond acceptors (Lipinski definition) is 5. The molecule has 17 heavy (non-hydrogen) atoms. The summed E-state index contributed by atoms with van der Waals surface area (Å²) in [7, 11) is 0. The van der Waals surface area contributed by atoms with Crippen LogP contribution in [-0.2, 0) is 0 Å². The lowest BCUT2D eigenvalue weighted by atomic mass is 10.4. The zero-order chi connectivity index (χ0) is 12.4. The molecule has 0 saturated heterocycles. The average Bonchev–Trinajstić information content (AvgIpc) is 2.26. The van der Waals surface area contributed by atoms with Crippen LogP contribution in [0.2, 0.25) is 0 Å². The van der Waals surface area contributed by atoms with Gasteiger partial charge in [-0.1, -0.05) is 0 Å². The van der Waals surface area contributed by atoms with Crippen molar-refractivity contribution in [2.24, 2.45) is 0 Å². The Morgan fingerprint density at radius 1 is 1.24 bits per heavy atom. The van der Waals surface area contributed by atoms with E-state index in [4.69, 9.17) is 5.73 Å². The lowest BCUT2D eigenvalue weighted by Gasteiger charge is -2.03. The molecule has 0 amide bonds. The molecule has 0 atom stereocenters. The van der Waals surface area contributed by atoms with E-state index >= 15 is 0 Å². The SMILES string of the molecule is Cc1ccnc(Sc2nc(N)c(F)cc2F)n1. The van der Waals surface area contributed by atoms with Crippen molar-refractivity contribution in [1.82, 2.24) is 15.0 Å². The molecule has 0 fully saturated rings. The Morgan fingerprint density at radius 2 is 2.00 bits per heavy atom. The molecule has 0 aliphatic carbocycles. The van der Waals surface area contributed by atoms with E-state index in [2.05, 4.69) is 15.0 Å². The minimum atomic E-state index is -0.878. The predicted molar refractivity (Wildman–Crippen MR) is 59.5 cm³/mol. The van der Waals surface area contributed by atoms with Crippen molar-refractivity contribution in [2.75, 3.05) is 5.73 Å². The van der Waals surface area contributed by atoms with Crippen LogP contribution in [0.5, 0.6) is 0 Å². The van der Waals surface area contributed by atoms with Gasteiger partial charge in [0.2, 0.25) is 0 Å². The van der Waals surface area contributed by atoms with Gasteiger partial charge in [-0.25, -0.2) is 23.7 Å². The Balaban J connectivity index is 2.33. The molecule has 0 aromatic carbocycles. The van der Waals surface area contributed by atoms with E-state index < -0.39 is 11.6 Å². The second-order valence-electron chi connectivity index (χ2n) is 3.23. The minimum absolute atomic E-state index is 0.0468. The summed E-state index contributed by atoms with van der Waals surface area (Å²) in [4.78, 5) is 11.6. The number of aromatic nitrogens is 3. The quantitative estimate of drug-likeness (QED) is 0.832. The first-order chi connectivity index (χ1) is 8.06. The van der Waals surface area contributed by atoms with Crippen LogP contribution < -0.4 is 5.73 Å². The summed E-state index contributed by atoms with van der Waals surface area (Å²) in [5.41, 5.74) is 6.01. The van der Waals surface area contributed by atoms with Gasteiger partial charge in [-0.3, -0.25) is 0 Å². The first-order valence-corrected chi connectivity index (χ1v) is 5.47. The molecule has 2 N–H and O–H groups in total. The standard InChI is InChI=1S/C10H8F2N4S/c1-5-2-3-14-10(15-5)17-9-7(12)4-6(11)8(13)16-9/h2-4H,1H3,(H2,13,16). The first kappa shape index (κ1) is 11.7. The second-order valence-corrected chi connectivity index (χ2v) is 4.18. The van der Waals surface area contributed by atoms with Crippen molar-refractivity contribution in [3.05, 3.63) is 35.7 Å². The molecule has 0 saturated carbocycles. The molecule has 0 aliphatic heterocycles. The molecule has 7 heteroatoms. The zero-order valence-corrected chi connectivity index (χ0v) is 9.63. The predicted octanol–water partition coefficient (Wildman–Crippen LogP) is 2.19. The van der Waals surface area contributed by atoms with Crippen LogP contribution in [0.1, 0.15) is 5.69 Å². The van der Waals surface area contributed by atoms with Crippen molar-refractivity contribution in [3.8, 4) is 0 Å². The van der Waals surface area contributed by atoms with Crippen LogP contribution in [0.4, 0.5) is 14.6 Å². The normalized spacial score (nSPS) is 10.5. The molecule has 2 rings (SSSR count). The van der Waals surface area contributed by atoms with E-state index in [1.165, 1.54) is 0 Å². The van der Waals surface area contributed by atoms with Crippen LogP contribution >= 0.6 is 11.8 Å². The highest BCUT2D eigenvalue weighted by Gasteiger charge is 2.12. The number of aryl methyl sites for hydroxylation is 1. The Bertz CT molecular complexity index is 562. The van der Waals surface area contributed by atoms with Crippen molar-refractivity contribution in [2.45, 2.75) is 17.1 Å². The third-order valence-electron chi connectivity index (χ3n) is 1.89. The number of halogens is 2. The smallest absolute Gasteiger partial charge is 0.194 e. The molecule has 2 aromatic heterocycles. The van der Waals surface area contributed by atoms with Crippen molar-refractivity contribution < 1.29 is 8.78 Å². The van der Waals surface area contributed by atoms with Crippen LogP contribution in [0, 0.1) is 18.6 Å². The van der Waals surface area contributed by atoms with E-state index in [1.807, 2.05) is 0 Å². The Labute approximate surface area is 100 Å². The van der Waals surface area contributed by atoms with E-state index in [0.29, 0.717) is 11.2 Å². The lowest BCUT2D eigenvalue weighted by molar-refractivity contribution is 0.552. The minimum Gasteiger partial charge on any atom is -0.381 e. The maximum atomic E-state index is 13.4. The molecule has 4 nitrogen and oxygen atoms in total. The van der Waals surface area contributed by atoms with E-state index in [1.54, 1.807) is 19.2 Å². The fourth-order valence-corrected chi connectivity index (χ4v) is 1.87. The van der Waals surface area contributed by atoms with Gasteiger partial charge < -0.3 is 5.73 Å². The zero-order valence-electron chi connectivity index (χ0n) is 8.82. The summed E-state index contributed by atoms with van der Waals surface area (Å²) in [6, 6.07) is 2.41. The van der Waals surface area contributed by atoms with E-state index in [9.17, 15) is 8.78 Å². The Morgan fingerprint density at radius 3 is 2.71 bits per heavy atom. The molecular formula is C10H8F2N4S. The fourth-order valence-electron chi connectivity index (χ4n) is 1.10. The number of nitrogen functional groups attached to an aromatic ring is 1. The largest absolute Gasteiger partial charge is 0.381 e. The van der Waals surface area contributed by atoms with Gasteiger partial charge >= 0.3 is 0 Å². The van der Waals surface area contributed by atoms with Gasteiger partial charge in [0, 0.05) is 18.0 Å². The molecule has 0 bridgehead atoms. The highest BCUT2D eigenvalue weighted by molar-refractivity contribution is 7.99. The van der Waals surface area contributed by atoms with Gasteiger partial charge in [-0.05, 0) is 24.8 Å². The van der Waals surface area contributed by atoms with Gasteiger partial charge in [0.25, 0.3) is 0 Å². The second kappa shape index (κ2) is 4.62. The summed E-state index contributed by atoms with van der Waals surface area (Å²) < 4.78 is 26.3. The molecular weight excluding hydrogens is 246 g/mol. The summed E-state index contributed by atoms with van der Waals surface area (Å²) in [5, 5.41) is 0.289. The third-order valence-corrected chi connectivity index (χ3v) is 2.74. The summed E-state index contributed by atoms with van der Waals surface area (Å²) in [5.74, 6) is -2.01. The van der Waals surface area contributed by atoms with Crippen molar-refractivity contribution in [3.63, 3.8) is 0 Å². The van der Waals surface area contributed by atoms with Crippen LogP contribution in [0.25, 0.3) is 0 Å². The number of anilines is 1. The summed E-state index contributed by atoms with van der Waals surface area (Å²) in [6.07, 6.45) is 1.55. The number of hydrogen-bond donors (Lipinski definition) is 1. The van der Waals surface area contributed by atoms with Crippen molar-refractivity contribution >= 4 is 17.6 Å². The maximum absolute atomic E-state index is 13.4. The van der Waals surface area contributed by atoms with Crippen LogP contribution in [-0.4, -0.2) is 15.0 Å². The number of pyridine rings is 1. The summed E-state index contributed by atoms with van der Waals surface area (Å²) in [6.45, 7) is 1.79. The molecule has 0 radical (unpaired) electrons.